The van der Waals surface area contributed by atoms with Crippen molar-refractivity contribution in [1.82, 2.24) is 4.90 Å². The molecule has 3 atom stereocenters. The van der Waals surface area contributed by atoms with Gasteiger partial charge >= 0.3 is 0 Å². The van der Waals surface area contributed by atoms with E-state index in [4.69, 9.17) is 5.73 Å². The fourth-order valence-corrected chi connectivity index (χ4v) is 3.02. The summed E-state index contributed by atoms with van der Waals surface area (Å²) < 4.78 is 0. The second-order valence-electron chi connectivity index (χ2n) is 7.21. The van der Waals surface area contributed by atoms with Gasteiger partial charge in [0.2, 0.25) is 0 Å². The number of nitrogens with two attached hydrogens (primary N) is 1. The molecule has 0 spiro atoms. The molecule has 3 unspecified atom stereocenters. The van der Waals surface area contributed by atoms with Gasteiger partial charge in [-0.25, -0.2) is 0 Å². The standard InChI is InChI=1S/C15H32N2O/c1-12(14(2,3)4)17(5)10-8-13-7-6-9-15(13,18)11-16/h12-13,18H,6-11,16H2,1-5H3. The maximum Gasteiger partial charge on any atom is 0.0797 e. The molecule has 0 bridgehead atoms. The Kier molecular flexibility index (Phi) is 5.22. The highest BCUT2D eigenvalue weighted by molar-refractivity contribution is 4.93. The topological polar surface area (TPSA) is 49.5 Å². The first kappa shape index (κ1) is 15.9. The van der Waals surface area contributed by atoms with Crippen molar-refractivity contribution >= 4 is 0 Å². The molecule has 0 aromatic heterocycles. The Morgan fingerprint density at radius 2 is 2.06 bits per heavy atom. The van der Waals surface area contributed by atoms with E-state index in [1.54, 1.807) is 0 Å². The van der Waals surface area contributed by atoms with Crippen molar-refractivity contribution < 1.29 is 5.11 Å². The Hall–Kier alpha value is -0.120. The van der Waals surface area contributed by atoms with E-state index in [2.05, 4.69) is 39.6 Å². The van der Waals surface area contributed by atoms with E-state index < -0.39 is 5.60 Å². The molecule has 1 aliphatic carbocycles. The average Bonchev–Trinajstić information content (AvgIpc) is 2.66. The van der Waals surface area contributed by atoms with Crippen LogP contribution in [0, 0.1) is 11.3 Å². The maximum atomic E-state index is 10.4. The van der Waals surface area contributed by atoms with Crippen LogP contribution < -0.4 is 5.73 Å². The van der Waals surface area contributed by atoms with Gasteiger partial charge in [-0.05, 0) is 51.1 Å². The van der Waals surface area contributed by atoms with Gasteiger partial charge in [0.15, 0.2) is 0 Å². The molecule has 18 heavy (non-hydrogen) atoms. The smallest absolute Gasteiger partial charge is 0.0797 e. The summed E-state index contributed by atoms with van der Waals surface area (Å²) >= 11 is 0. The third-order valence-corrected chi connectivity index (χ3v) is 5.02. The molecule has 1 saturated carbocycles. The molecule has 0 heterocycles. The Morgan fingerprint density at radius 1 is 1.44 bits per heavy atom. The zero-order chi connectivity index (χ0) is 14.0. The maximum absolute atomic E-state index is 10.4. The molecular formula is C15H32N2O. The van der Waals surface area contributed by atoms with E-state index in [1.165, 1.54) is 0 Å². The third kappa shape index (κ3) is 3.69. The molecule has 3 nitrogen and oxygen atoms in total. The van der Waals surface area contributed by atoms with Gasteiger partial charge in [-0.2, -0.15) is 0 Å². The normalized spacial score (nSPS) is 31.0. The van der Waals surface area contributed by atoms with E-state index in [0.29, 0.717) is 23.9 Å². The van der Waals surface area contributed by atoms with Crippen molar-refractivity contribution in [2.45, 2.75) is 65.0 Å². The van der Waals surface area contributed by atoms with Gasteiger partial charge in [0, 0.05) is 12.6 Å². The highest BCUT2D eigenvalue weighted by atomic mass is 16.3. The Labute approximate surface area is 113 Å². The quantitative estimate of drug-likeness (QED) is 0.793. The summed E-state index contributed by atoms with van der Waals surface area (Å²) in [5.74, 6) is 0.386. The zero-order valence-corrected chi connectivity index (χ0v) is 12.9. The van der Waals surface area contributed by atoms with Gasteiger partial charge in [-0.3, -0.25) is 0 Å². The van der Waals surface area contributed by atoms with E-state index in [0.717, 1.165) is 32.2 Å². The lowest BCUT2D eigenvalue weighted by Crippen LogP contribution is -2.44. The Bertz CT molecular complexity index is 262. The molecule has 0 radical (unpaired) electrons. The predicted molar refractivity (Wildman–Crippen MR) is 77.5 cm³/mol. The minimum Gasteiger partial charge on any atom is -0.388 e. The minimum absolute atomic E-state index is 0.300. The molecule has 0 amide bonds. The number of aliphatic hydroxyl groups is 1. The van der Waals surface area contributed by atoms with Crippen molar-refractivity contribution in [3.05, 3.63) is 0 Å². The number of hydrogen-bond donors (Lipinski definition) is 2. The highest BCUT2D eigenvalue weighted by Gasteiger charge is 2.39. The van der Waals surface area contributed by atoms with E-state index >= 15 is 0 Å². The molecule has 0 aromatic rings. The van der Waals surface area contributed by atoms with E-state index in [9.17, 15) is 5.11 Å². The van der Waals surface area contributed by atoms with Gasteiger partial charge in [0.25, 0.3) is 0 Å². The fourth-order valence-electron chi connectivity index (χ4n) is 3.02. The predicted octanol–water partition coefficient (Wildman–Crippen LogP) is 2.23. The van der Waals surface area contributed by atoms with Gasteiger partial charge < -0.3 is 15.7 Å². The number of hydrogen-bond acceptors (Lipinski definition) is 3. The number of rotatable bonds is 5. The van der Waals surface area contributed by atoms with Crippen LogP contribution in [0.3, 0.4) is 0 Å². The third-order valence-electron chi connectivity index (χ3n) is 5.02. The summed E-state index contributed by atoms with van der Waals surface area (Å²) in [7, 11) is 2.19. The molecule has 1 rings (SSSR count). The lowest BCUT2D eigenvalue weighted by molar-refractivity contribution is 0.00231. The minimum atomic E-state index is -0.591. The summed E-state index contributed by atoms with van der Waals surface area (Å²) in [4.78, 5) is 2.41. The van der Waals surface area contributed by atoms with E-state index in [-0.39, 0.29) is 0 Å². The van der Waals surface area contributed by atoms with Crippen LogP contribution >= 0.6 is 0 Å². The fraction of sp³-hybridized carbons (Fsp3) is 1.00. The van der Waals surface area contributed by atoms with Crippen LogP contribution in [0.4, 0.5) is 0 Å². The first-order chi connectivity index (χ1) is 8.20. The van der Waals surface area contributed by atoms with Crippen molar-refractivity contribution in [3.63, 3.8) is 0 Å². The van der Waals surface area contributed by atoms with Gasteiger partial charge in [-0.15, -0.1) is 0 Å². The summed E-state index contributed by atoms with van der Waals surface area (Å²) in [5.41, 5.74) is 5.44. The van der Waals surface area contributed by atoms with Crippen molar-refractivity contribution in [3.8, 4) is 0 Å². The molecule has 0 saturated heterocycles. The van der Waals surface area contributed by atoms with Gasteiger partial charge in [0.05, 0.1) is 5.60 Å². The molecule has 3 heteroatoms. The average molecular weight is 256 g/mol. The summed E-state index contributed by atoms with van der Waals surface area (Å²) in [6.45, 7) is 10.6. The molecule has 1 fully saturated rings. The Balaban J connectivity index is 2.46. The first-order valence-electron chi connectivity index (χ1n) is 7.33. The van der Waals surface area contributed by atoms with Crippen LogP contribution in [-0.2, 0) is 0 Å². The summed E-state index contributed by atoms with van der Waals surface area (Å²) in [5, 5.41) is 10.4. The molecule has 108 valence electrons. The van der Waals surface area contributed by atoms with Crippen LogP contribution in [-0.4, -0.2) is 41.8 Å². The monoisotopic (exact) mass is 256 g/mol. The van der Waals surface area contributed by atoms with Gasteiger partial charge in [0.1, 0.15) is 0 Å². The van der Waals surface area contributed by atoms with Crippen molar-refractivity contribution in [1.29, 1.82) is 0 Å². The van der Waals surface area contributed by atoms with Crippen LogP contribution in [0.25, 0.3) is 0 Å². The van der Waals surface area contributed by atoms with Crippen molar-refractivity contribution in [2.75, 3.05) is 20.1 Å². The van der Waals surface area contributed by atoms with Gasteiger partial charge in [-0.1, -0.05) is 27.2 Å². The first-order valence-corrected chi connectivity index (χ1v) is 7.33. The largest absolute Gasteiger partial charge is 0.388 e. The summed E-state index contributed by atoms with van der Waals surface area (Å²) in [6.07, 6.45) is 4.19. The lowest BCUT2D eigenvalue weighted by Gasteiger charge is -2.37. The second-order valence-corrected chi connectivity index (χ2v) is 7.21. The molecule has 3 N–H and O–H groups in total. The highest BCUT2D eigenvalue weighted by Crippen LogP contribution is 2.37. The van der Waals surface area contributed by atoms with Crippen LogP contribution in [0.5, 0.6) is 0 Å². The molecule has 0 aliphatic heterocycles. The molecular weight excluding hydrogens is 224 g/mol. The number of nitrogens with zero attached hydrogens (tertiary/aromatic N) is 1. The molecule has 1 aliphatic rings. The zero-order valence-electron chi connectivity index (χ0n) is 12.9. The lowest BCUT2D eigenvalue weighted by atomic mass is 9.85. The Morgan fingerprint density at radius 3 is 2.56 bits per heavy atom. The molecule has 0 aromatic carbocycles. The van der Waals surface area contributed by atoms with E-state index in [1.807, 2.05) is 0 Å². The van der Waals surface area contributed by atoms with Crippen molar-refractivity contribution in [2.24, 2.45) is 17.1 Å². The second kappa shape index (κ2) is 5.89. The van der Waals surface area contributed by atoms with Crippen LogP contribution in [0.2, 0.25) is 0 Å². The van der Waals surface area contributed by atoms with Crippen LogP contribution in [0.1, 0.15) is 53.4 Å². The van der Waals surface area contributed by atoms with Crippen LogP contribution in [0.15, 0.2) is 0 Å². The summed E-state index contributed by atoms with van der Waals surface area (Å²) in [6, 6.07) is 0.546. The SMILES string of the molecule is CC(N(C)CCC1CCCC1(O)CN)C(C)(C)C.